The average Bonchev–Trinajstić information content (AvgIpc) is 2.76. The monoisotopic (exact) mass is 289 g/mol. The molecule has 88 valence electrons. The quantitative estimate of drug-likeness (QED) is 0.901. The summed E-state index contributed by atoms with van der Waals surface area (Å²) in [6, 6.07) is 4.31. The topological polar surface area (TPSA) is 12.0 Å². The van der Waals surface area contributed by atoms with Crippen LogP contribution in [0.5, 0.6) is 0 Å². The van der Waals surface area contributed by atoms with Crippen LogP contribution in [0.2, 0.25) is 0 Å². The molecule has 0 radical (unpaired) electrons. The molecule has 1 aliphatic rings. The molecule has 1 N–H and O–H groups in total. The summed E-state index contributed by atoms with van der Waals surface area (Å²) >= 11 is 3.31. The van der Waals surface area contributed by atoms with Gasteiger partial charge in [-0.05, 0) is 43.1 Å². The minimum absolute atomic E-state index is 0.0739. The van der Waals surface area contributed by atoms with Crippen molar-refractivity contribution in [2.24, 2.45) is 0 Å². The maximum Gasteiger partial charge on any atom is 0.123 e. The molecule has 16 heavy (non-hydrogen) atoms. The largest absolute Gasteiger partial charge is 0.311 e. The van der Waals surface area contributed by atoms with E-state index in [0.29, 0.717) is 5.56 Å². The summed E-state index contributed by atoms with van der Waals surface area (Å²) < 4.78 is 27.7. The van der Waals surface area contributed by atoms with Crippen molar-refractivity contribution in [1.29, 1.82) is 0 Å². The first-order chi connectivity index (χ1) is 7.66. The van der Waals surface area contributed by atoms with Gasteiger partial charge in [0.15, 0.2) is 0 Å². The lowest BCUT2D eigenvalue weighted by Crippen LogP contribution is -2.33. The fourth-order valence-corrected chi connectivity index (χ4v) is 2.48. The molecule has 0 bridgehead atoms. The Hall–Kier alpha value is -0.480. The highest BCUT2D eigenvalue weighted by molar-refractivity contribution is 9.10. The van der Waals surface area contributed by atoms with Gasteiger partial charge in [0.05, 0.1) is 0 Å². The van der Waals surface area contributed by atoms with Crippen molar-refractivity contribution >= 4 is 15.9 Å². The molecule has 1 nitrogen and oxygen atoms in total. The molecule has 1 fully saturated rings. The van der Waals surface area contributed by atoms with E-state index in [1.54, 1.807) is 6.07 Å². The van der Waals surface area contributed by atoms with Crippen LogP contribution in [0.25, 0.3) is 0 Å². The van der Waals surface area contributed by atoms with E-state index < -0.39 is 6.17 Å². The summed E-state index contributed by atoms with van der Waals surface area (Å²) in [4.78, 5) is 0. The third kappa shape index (κ3) is 2.80. The van der Waals surface area contributed by atoms with Crippen LogP contribution in [0, 0.1) is 5.82 Å². The zero-order chi connectivity index (χ0) is 11.5. The zero-order valence-electron chi connectivity index (χ0n) is 8.85. The van der Waals surface area contributed by atoms with Gasteiger partial charge in [0.2, 0.25) is 0 Å². The Morgan fingerprint density at radius 1 is 1.50 bits per heavy atom. The van der Waals surface area contributed by atoms with Gasteiger partial charge in [0, 0.05) is 16.9 Å². The van der Waals surface area contributed by atoms with Crippen molar-refractivity contribution < 1.29 is 8.78 Å². The Labute approximate surface area is 102 Å². The first-order valence-electron chi connectivity index (χ1n) is 5.48. The Balaban J connectivity index is 2.04. The predicted octanol–water partition coefficient (Wildman–Crippen LogP) is 3.22. The van der Waals surface area contributed by atoms with Crippen LogP contribution < -0.4 is 5.32 Å². The standard InChI is InChI=1S/C12H14BrF2N/c13-10-4-3-9(14)6-8(10)7-11(15)12-2-1-5-16-12/h3-4,6,11-12,16H,1-2,5,7H2. The van der Waals surface area contributed by atoms with Gasteiger partial charge in [0.1, 0.15) is 12.0 Å². The van der Waals surface area contributed by atoms with Crippen LogP contribution in [0.3, 0.4) is 0 Å². The lowest BCUT2D eigenvalue weighted by Gasteiger charge is -2.16. The molecule has 0 aromatic heterocycles. The van der Waals surface area contributed by atoms with Gasteiger partial charge in [-0.25, -0.2) is 8.78 Å². The molecule has 0 saturated carbocycles. The molecule has 0 spiro atoms. The molecule has 0 amide bonds. The molecule has 2 unspecified atom stereocenters. The molecular weight excluding hydrogens is 276 g/mol. The maximum atomic E-state index is 13.9. The van der Waals surface area contributed by atoms with Crippen LogP contribution in [0.15, 0.2) is 22.7 Å². The number of hydrogen-bond acceptors (Lipinski definition) is 1. The van der Waals surface area contributed by atoms with Crippen LogP contribution in [0.1, 0.15) is 18.4 Å². The zero-order valence-corrected chi connectivity index (χ0v) is 10.4. The molecule has 1 aliphatic heterocycles. The van der Waals surface area contributed by atoms with Gasteiger partial charge in [-0.3, -0.25) is 0 Å². The summed E-state index contributed by atoms with van der Waals surface area (Å²) in [6.07, 6.45) is 1.21. The molecule has 1 saturated heterocycles. The van der Waals surface area contributed by atoms with E-state index in [9.17, 15) is 8.78 Å². The summed E-state index contributed by atoms with van der Waals surface area (Å²) in [5.41, 5.74) is 0.696. The van der Waals surface area contributed by atoms with E-state index in [1.807, 2.05) is 0 Å². The normalized spacial score (nSPS) is 22.3. The summed E-state index contributed by atoms with van der Waals surface area (Å²) in [5, 5.41) is 3.13. The van der Waals surface area contributed by atoms with E-state index in [0.717, 1.165) is 23.9 Å². The fraction of sp³-hybridized carbons (Fsp3) is 0.500. The minimum atomic E-state index is -0.944. The van der Waals surface area contributed by atoms with Gasteiger partial charge in [0.25, 0.3) is 0 Å². The predicted molar refractivity (Wildman–Crippen MR) is 63.7 cm³/mol. The summed E-state index contributed by atoms with van der Waals surface area (Å²) in [6.45, 7) is 0.884. The first-order valence-corrected chi connectivity index (χ1v) is 6.27. The van der Waals surface area contributed by atoms with Crippen LogP contribution >= 0.6 is 15.9 Å². The number of alkyl halides is 1. The highest BCUT2D eigenvalue weighted by Gasteiger charge is 2.24. The van der Waals surface area contributed by atoms with Gasteiger partial charge in [-0.2, -0.15) is 0 Å². The number of halogens is 3. The fourth-order valence-electron chi connectivity index (χ4n) is 2.07. The highest BCUT2D eigenvalue weighted by atomic mass is 79.9. The average molecular weight is 290 g/mol. The van der Waals surface area contributed by atoms with E-state index >= 15 is 0 Å². The van der Waals surface area contributed by atoms with E-state index in [1.165, 1.54) is 12.1 Å². The molecular formula is C12H14BrF2N. The lowest BCUT2D eigenvalue weighted by molar-refractivity contribution is 0.263. The third-order valence-electron chi connectivity index (χ3n) is 2.96. The van der Waals surface area contributed by atoms with Gasteiger partial charge in [-0.15, -0.1) is 0 Å². The van der Waals surface area contributed by atoms with Crippen molar-refractivity contribution in [3.63, 3.8) is 0 Å². The second-order valence-electron chi connectivity index (χ2n) is 4.16. The van der Waals surface area contributed by atoms with Crippen molar-refractivity contribution in [1.82, 2.24) is 5.32 Å². The number of hydrogen-bond donors (Lipinski definition) is 1. The van der Waals surface area contributed by atoms with E-state index in [4.69, 9.17) is 0 Å². The van der Waals surface area contributed by atoms with Crippen molar-refractivity contribution in [3.05, 3.63) is 34.1 Å². The number of nitrogens with one attached hydrogen (secondary N) is 1. The van der Waals surface area contributed by atoms with Gasteiger partial charge < -0.3 is 5.32 Å². The molecule has 2 rings (SSSR count). The van der Waals surface area contributed by atoms with Crippen molar-refractivity contribution in [3.8, 4) is 0 Å². The van der Waals surface area contributed by atoms with Crippen molar-refractivity contribution in [2.75, 3.05) is 6.54 Å². The van der Waals surface area contributed by atoms with Gasteiger partial charge in [-0.1, -0.05) is 15.9 Å². The molecule has 1 aromatic carbocycles. The molecule has 0 aliphatic carbocycles. The first kappa shape index (κ1) is 12.0. The highest BCUT2D eigenvalue weighted by Crippen LogP contribution is 2.23. The third-order valence-corrected chi connectivity index (χ3v) is 3.73. The Kier molecular flexibility index (Phi) is 3.92. The summed E-state index contributed by atoms with van der Waals surface area (Å²) in [5.74, 6) is -0.315. The number of benzene rings is 1. The second kappa shape index (κ2) is 5.23. The number of rotatable bonds is 3. The van der Waals surface area contributed by atoms with E-state index in [2.05, 4.69) is 21.2 Å². The van der Waals surface area contributed by atoms with Gasteiger partial charge >= 0.3 is 0 Å². The Morgan fingerprint density at radius 3 is 3.00 bits per heavy atom. The minimum Gasteiger partial charge on any atom is -0.311 e. The van der Waals surface area contributed by atoms with E-state index in [-0.39, 0.29) is 18.3 Å². The Bertz CT molecular complexity index is 364. The molecule has 1 aromatic rings. The molecule has 1 heterocycles. The van der Waals surface area contributed by atoms with Crippen LogP contribution in [0.4, 0.5) is 8.78 Å². The van der Waals surface area contributed by atoms with Crippen molar-refractivity contribution in [2.45, 2.75) is 31.5 Å². The SMILES string of the molecule is Fc1ccc(Br)c(CC(F)C2CCCN2)c1. The molecule has 2 atom stereocenters. The Morgan fingerprint density at radius 2 is 2.31 bits per heavy atom. The smallest absolute Gasteiger partial charge is 0.123 e. The summed E-state index contributed by atoms with van der Waals surface area (Å²) in [7, 11) is 0. The maximum absolute atomic E-state index is 13.9. The molecule has 4 heteroatoms. The van der Waals surface area contributed by atoms with Crippen LogP contribution in [-0.2, 0) is 6.42 Å². The van der Waals surface area contributed by atoms with Crippen LogP contribution in [-0.4, -0.2) is 18.8 Å². The lowest BCUT2D eigenvalue weighted by atomic mass is 10.0. The second-order valence-corrected chi connectivity index (χ2v) is 5.01.